The highest BCUT2D eigenvalue weighted by Gasteiger charge is 2.28. The summed E-state index contributed by atoms with van der Waals surface area (Å²) in [4.78, 5) is 0. The van der Waals surface area contributed by atoms with Gasteiger partial charge in [-0.05, 0) is 37.1 Å². The zero-order valence-corrected chi connectivity index (χ0v) is 15.1. The van der Waals surface area contributed by atoms with Crippen molar-refractivity contribution in [3.05, 3.63) is 29.3 Å². The summed E-state index contributed by atoms with van der Waals surface area (Å²) in [6.45, 7) is 4.94. The number of benzene rings is 1. The van der Waals surface area contributed by atoms with Crippen LogP contribution in [-0.2, 0) is 13.6 Å². The van der Waals surface area contributed by atoms with Crippen LogP contribution in [0.15, 0.2) is 24.3 Å². The van der Waals surface area contributed by atoms with E-state index in [1.807, 2.05) is 0 Å². The monoisotopic (exact) mass is 348 g/mol. The molecule has 0 unspecified atom stereocenters. The minimum atomic E-state index is -3.58. The molecule has 0 aliphatic carbocycles. The summed E-state index contributed by atoms with van der Waals surface area (Å²) in [5.74, 6) is 0.429. The Labute approximate surface area is 138 Å². The molecule has 126 valence electrons. The van der Waals surface area contributed by atoms with Crippen LogP contribution in [0.3, 0.4) is 0 Å². The first-order valence-corrected chi connectivity index (χ1v) is 9.77. The van der Waals surface area contributed by atoms with Crippen LogP contribution < -0.4 is 4.52 Å². The molecule has 1 rings (SSSR count). The summed E-state index contributed by atoms with van der Waals surface area (Å²) in [6, 6.07) is 6.66. The van der Waals surface area contributed by atoms with E-state index in [1.54, 1.807) is 24.3 Å². The molecule has 0 amide bonds. The summed E-state index contributed by atoms with van der Waals surface area (Å²) < 4.78 is 29.0. The molecular formula is C16H26ClO4P. The van der Waals surface area contributed by atoms with E-state index in [0.29, 0.717) is 24.0 Å². The van der Waals surface area contributed by atoms with Crippen LogP contribution in [0.1, 0.15) is 52.4 Å². The molecule has 1 aromatic rings. The lowest BCUT2D eigenvalue weighted by molar-refractivity contribution is 0.151. The average molecular weight is 349 g/mol. The molecule has 0 saturated heterocycles. The summed E-state index contributed by atoms with van der Waals surface area (Å²) >= 11 is 5.83. The van der Waals surface area contributed by atoms with Gasteiger partial charge in [0, 0.05) is 5.02 Å². The molecule has 0 radical (unpaired) electrons. The van der Waals surface area contributed by atoms with Gasteiger partial charge in [-0.2, -0.15) is 0 Å². The van der Waals surface area contributed by atoms with Crippen molar-refractivity contribution in [2.24, 2.45) is 0 Å². The van der Waals surface area contributed by atoms with Crippen LogP contribution in [0.25, 0.3) is 0 Å². The fourth-order valence-corrected chi connectivity index (χ4v) is 3.16. The van der Waals surface area contributed by atoms with Crippen molar-refractivity contribution in [3.63, 3.8) is 0 Å². The maximum atomic E-state index is 12.7. The van der Waals surface area contributed by atoms with Crippen molar-refractivity contribution >= 4 is 19.4 Å². The number of rotatable bonds is 12. The van der Waals surface area contributed by atoms with Gasteiger partial charge in [-0.1, -0.05) is 51.1 Å². The first-order chi connectivity index (χ1) is 10.6. The topological polar surface area (TPSA) is 44.8 Å². The highest BCUT2D eigenvalue weighted by molar-refractivity contribution is 7.48. The van der Waals surface area contributed by atoms with Gasteiger partial charge in [0.1, 0.15) is 5.75 Å². The first-order valence-electron chi connectivity index (χ1n) is 7.94. The number of hydrogen-bond acceptors (Lipinski definition) is 4. The Morgan fingerprint density at radius 2 is 1.41 bits per heavy atom. The van der Waals surface area contributed by atoms with E-state index in [9.17, 15) is 4.57 Å². The lowest BCUT2D eigenvalue weighted by Crippen LogP contribution is -2.05. The van der Waals surface area contributed by atoms with Gasteiger partial charge in [0.25, 0.3) is 0 Å². The quantitative estimate of drug-likeness (QED) is 0.331. The molecule has 0 fully saturated rings. The van der Waals surface area contributed by atoms with Gasteiger partial charge in [-0.15, -0.1) is 0 Å². The summed E-state index contributed by atoms with van der Waals surface area (Å²) in [6.07, 6.45) is 5.87. The molecule has 22 heavy (non-hydrogen) atoms. The van der Waals surface area contributed by atoms with Gasteiger partial charge >= 0.3 is 7.82 Å². The van der Waals surface area contributed by atoms with Crippen LogP contribution >= 0.6 is 19.4 Å². The lowest BCUT2D eigenvalue weighted by atomic mass is 10.3. The van der Waals surface area contributed by atoms with E-state index in [1.165, 1.54) is 0 Å². The Hall–Kier alpha value is -0.540. The van der Waals surface area contributed by atoms with Gasteiger partial charge in [0.05, 0.1) is 13.2 Å². The summed E-state index contributed by atoms with van der Waals surface area (Å²) in [5, 5.41) is 0.593. The van der Waals surface area contributed by atoms with E-state index < -0.39 is 7.82 Å². The zero-order chi connectivity index (χ0) is 16.3. The van der Waals surface area contributed by atoms with Crippen LogP contribution in [0, 0.1) is 0 Å². The molecule has 6 heteroatoms. The molecule has 0 spiro atoms. The fraction of sp³-hybridized carbons (Fsp3) is 0.625. The van der Waals surface area contributed by atoms with Gasteiger partial charge in [-0.25, -0.2) is 4.57 Å². The smallest absolute Gasteiger partial charge is 0.404 e. The van der Waals surface area contributed by atoms with Crippen molar-refractivity contribution < 1.29 is 18.1 Å². The van der Waals surface area contributed by atoms with E-state index in [4.69, 9.17) is 25.2 Å². The molecule has 0 aliphatic heterocycles. The zero-order valence-electron chi connectivity index (χ0n) is 13.4. The van der Waals surface area contributed by atoms with Crippen molar-refractivity contribution in [2.75, 3.05) is 13.2 Å². The Morgan fingerprint density at radius 1 is 0.909 bits per heavy atom. The number of phosphoric acid groups is 1. The Kier molecular flexibility index (Phi) is 9.81. The maximum absolute atomic E-state index is 12.7. The minimum absolute atomic E-state index is 0.368. The third kappa shape index (κ3) is 8.19. The molecule has 0 aromatic heterocycles. The Bertz CT molecular complexity index is 434. The SMILES string of the molecule is CCCCCOP(=O)(OCCCCC)Oc1ccc(Cl)cc1. The van der Waals surface area contributed by atoms with Crippen LogP contribution in [0.5, 0.6) is 5.75 Å². The van der Waals surface area contributed by atoms with Gasteiger partial charge in [0.2, 0.25) is 0 Å². The molecule has 0 N–H and O–H groups in total. The van der Waals surface area contributed by atoms with Crippen molar-refractivity contribution in [3.8, 4) is 5.75 Å². The Morgan fingerprint density at radius 3 is 1.86 bits per heavy atom. The first kappa shape index (κ1) is 19.5. The Balaban J connectivity index is 2.58. The lowest BCUT2D eigenvalue weighted by Gasteiger charge is -2.18. The molecule has 4 nitrogen and oxygen atoms in total. The second-order valence-electron chi connectivity index (χ2n) is 5.07. The third-order valence-corrected chi connectivity index (χ3v) is 4.71. The molecule has 0 atom stereocenters. The van der Waals surface area contributed by atoms with Crippen molar-refractivity contribution in [2.45, 2.75) is 52.4 Å². The molecule has 0 aliphatic rings. The predicted octanol–water partition coefficient (Wildman–Crippen LogP) is 6.24. The third-order valence-electron chi connectivity index (χ3n) is 3.03. The van der Waals surface area contributed by atoms with Crippen LogP contribution in [-0.4, -0.2) is 13.2 Å². The van der Waals surface area contributed by atoms with Gasteiger partial charge < -0.3 is 4.52 Å². The highest BCUT2D eigenvalue weighted by Crippen LogP contribution is 2.49. The standard InChI is InChI=1S/C16H26ClO4P/c1-3-5-7-13-19-22(18,20-14-8-6-4-2)21-16-11-9-15(17)10-12-16/h9-12H,3-8,13-14H2,1-2H3. The van der Waals surface area contributed by atoms with Crippen LogP contribution in [0.4, 0.5) is 0 Å². The van der Waals surface area contributed by atoms with Crippen molar-refractivity contribution in [1.82, 2.24) is 0 Å². The van der Waals surface area contributed by atoms with Crippen LogP contribution in [0.2, 0.25) is 5.02 Å². The van der Waals surface area contributed by atoms with E-state index in [-0.39, 0.29) is 0 Å². The molecule has 1 aromatic carbocycles. The number of halogens is 1. The largest absolute Gasteiger partial charge is 0.530 e. The normalized spacial score (nSPS) is 11.6. The molecule has 0 saturated carbocycles. The fourth-order valence-electron chi connectivity index (χ4n) is 1.77. The van der Waals surface area contributed by atoms with Crippen molar-refractivity contribution in [1.29, 1.82) is 0 Å². The summed E-state index contributed by atoms with van der Waals surface area (Å²) in [5.41, 5.74) is 0. The summed E-state index contributed by atoms with van der Waals surface area (Å²) in [7, 11) is -3.58. The second kappa shape index (κ2) is 11.1. The van der Waals surface area contributed by atoms with Gasteiger partial charge in [-0.3, -0.25) is 9.05 Å². The number of phosphoric ester groups is 1. The number of unbranched alkanes of at least 4 members (excludes halogenated alkanes) is 4. The second-order valence-corrected chi connectivity index (χ2v) is 7.10. The minimum Gasteiger partial charge on any atom is -0.404 e. The average Bonchev–Trinajstić information content (AvgIpc) is 2.51. The molecule has 0 bridgehead atoms. The maximum Gasteiger partial charge on any atom is 0.530 e. The number of hydrogen-bond donors (Lipinski definition) is 0. The van der Waals surface area contributed by atoms with Gasteiger partial charge in [0.15, 0.2) is 0 Å². The molecule has 0 heterocycles. The van der Waals surface area contributed by atoms with E-state index in [2.05, 4.69) is 13.8 Å². The molecular weight excluding hydrogens is 323 g/mol. The highest BCUT2D eigenvalue weighted by atomic mass is 35.5. The van der Waals surface area contributed by atoms with E-state index in [0.717, 1.165) is 38.5 Å². The van der Waals surface area contributed by atoms with E-state index >= 15 is 0 Å². The predicted molar refractivity (Wildman–Crippen MR) is 90.6 cm³/mol.